The third kappa shape index (κ3) is 5.20. The van der Waals surface area contributed by atoms with E-state index in [9.17, 15) is 4.79 Å². The molecule has 0 atom stereocenters. The first-order valence-corrected chi connectivity index (χ1v) is 9.75. The van der Waals surface area contributed by atoms with Crippen LogP contribution in [0.25, 0.3) is 6.08 Å². The van der Waals surface area contributed by atoms with E-state index < -0.39 is 0 Å². The van der Waals surface area contributed by atoms with E-state index in [1.807, 2.05) is 30.0 Å². The molecule has 1 N–H and O–H groups in total. The molecule has 4 nitrogen and oxygen atoms in total. The van der Waals surface area contributed by atoms with Gasteiger partial charge >= 0.3 is 6.03 Å². The number of urea groups is 1. The van der Waals surface area contributed by atoms with E-state index in [0.29, 0.717) is 0 Å². The number of piperazine rings is 1. The van der Waals surface area contributed by atoms with Crippen molar-refractivity contribution in [3.8, 4) is 0 Å². The fourth-order valence-corrected chi connectivity index (χ4v) is 3.42. The van der Waals surface area contributed by atoms with Gasteiger partial charge in [-0.1, -0.05) is 67.6 Å². The molecular weight excluding hydrogens is 334 g/mol. The number of carbonyl (C=O) groups excluding carboxylic acids is 1. The summed E-state index contributed by atoms with van der Waals surface area (Å²) in [5.41, 5.74) is 4.50. The quantitative estimate of drug-likeness (QED) is 0.853. The van der Waals surface area contributed by atoms with Crippen molar-refractivity contribution in [3.63, 3.8) is 0 Å². The van der Waals surface area contributed by atoms with Crippen LogP contribution in [0.1, 0.15) is 23.6 Å². The topological polar surface area (TPSA) is 35.6 Å². The number of amides is 2. The number of para-hydroxylation sites is 1. The molecule has 0 bridgehead atoms. The molecule has 0 radical (unpaired) electrons. The van der Waals surface area contributed by atoms with Gasteiger partial charge in [0.05, 0.1) is 0 Å². The molecule has 4 heteroatoms. The van der Waals surface area contributed by atoms with Crippen molar-refractivity contribution in [2.75, 3.05) is 38.0 Å². The highest BCUT2D eigenvalue weighted by Crippen LogP contribution is 2.21. The van der Waals surface area contributed by atoms with Crippen LogP contribution < -0.4 is 5.32 Å². The zero-order chi connectivity index (χ0) is 19.1. The number of carbonyl (C=O) groups is 1. The molecule has 2 amide bonds. The fraction of sp³-hybridized carbons (Fsp3) is 0.348. The Kier molecular flexibility index (Phi) is 6.66. The van der Waals surface area contributed by atoms with E-state index in [1.54, 1.807) is 0 Å². The number of hydrogen-bond acceptors (Lipinski definition) is 2. The van der Waals surface area contributed by atoms with Crippen LogP contribution in [0.5, 0.6) is 0 Å². The highest BCUT2D eigenvalue weighted by atomic mass is 16.2. The highest BCUT2D eigenvalue weighted by Gasteiger charge is 2.21. The number of rotatable bonds is 5. The largest absolute Gasteiger partial charge is 0.322 e. The summed E-state index contributed by atoms with van der Waals surface area (Å²) >= 11 is 0. The van der Waals surface area contributed by atoms with Gasteiger partial charge in [0, 0.05) is 38.4 Å². The second-order valence-electron chi connectivity index (χ2n) is 6.99. The van der Waals surface area contributed by atoms with Crippen molar-refractivity contribution in [1.82, 2.24) is 9.80 Å². The van der Waals surface area contributed by atoms with Crippen LogP contribution >= 0.6 is 0 Å². The Morgan fingerprint density at radius 2 is 1.78 bits per heavy atom. The Hall–Kier alpha value is -2.59. The average molecular weight is 364 g/mol. The SMILES string of the molecule is CCc1cccc(C)c1NC(=O)N1CCN(C/C=C/c2ccccc2)CC1. The van der Waals surface area contributed by atoms with Gasteiger partial charge in [-0.05, 0) is 30.0 Å². The minimum Gasteiger partial charge on any atom is -0.322 e. The molecule has 0 aromatic heterocycles. The number of benzene rings is 2. The fourth-order valence-electron chi connectivity index (χ4n) is 3.42. The Labute approximate surface area is 162 Å². The van der Waals surface area contributed by atoms with Crippen molar-refractivity contribution in [3.05, 3.63) is 71.3 Å². The van der Waals surface area contributed by atoms with Gasteiger partial charge < -0.3 is 10.2 Å². The number of hydrogen-bond donors (Lipinski definition) is 1. The number of aryl methyl sites for hydroxylation is 2. The zero-order valence-corrected chi connectivity index (χ0v) is 16.3. The lowest BCUT2D eigenvalue weighted by molar-refractivity contribution is 0.156. The molecule has 1 aliphatic rings. The van der Waals surface area contributed by atoms with Gasteiger partial charge in [0.15, 0.2) is 0 Å². The summed E-state index contributed by atoms with van der Waals surface area (Å²) in [6.45, 7) is 8.42. The van der Waals surface area contributed by atoms with E-state index in [-0.39, 0.29) is 6.03 Å². The molecule has 1 saturated heterocycles. The summed E-state index contributed by atoms with van der Waals surface area (Å²) in [6, 6.07) is 16.5. The van der Waals surface area contributed by atoms with Gasteiger partial charge in [-0.2, -0.15) is 0 Å². The molecule has 1 heterocycles. The molecule has 27 heavy (non-hydrogen) atoms. The molecule has 1 aliphatic heterocycles. The summed E-state index contributed by atoms with van der Waals surface area (Å²) in [5.74, 6) is 0. The monoisotopic (exact) mass is 363 g/mol. The van der Waals surface area contributed by atoms with Gasteiger partial charge in [0.1, 0.15) is 0 Å². The molecule has 142 valence electrons. The Balaban J connectivity index is 1.49. The first-order chi connectivity index (χ1) is 13.2. The lowest BCUT2D eigenvalue weighted by Gasteiger charge is -2.34. The number of nitrogens with one attached hydrogen (secondary N) is 1. The summed E-state index contributed by atoms with van der Waals surface area (Å²) in [7, 11) is 0. The summed E-state index contributed by atoms with van der Waals surface area (Å²) < 4.78 is 0. The maximum atomic E-state index is 12.7. The first kappa shape index (κ1) is 19.2. The maximum Gasteiger partial charge on any atom is 0.321 e. The molecule has 1 fully saturated rings. The molecular formula is C23H29N3O. The van der Waals surface area contributed by atoms with Crippen molar-refractivity contribution in [1.29, 1.82) is 0 Å². The average Bonchev–Trinajstić information content (AvgIpc) is 2.71. The molecule has 0 aliphatic carbocycles. The lowest BCUT2D eigenvalue weighted by atomic mass is 10.1. The molecule has 2 aromatic carbocycles. The lowest BCUT2D eigenvalue weighted by Crippen LogP contribution is -2.50. The minimum atomic E-state index is 0.0125. The molecule has 3 rings (SSSR count). The molecule has 0 spiro atoms. The Bertz CT molecular complexity index is 777. The predicted octanol–water partition coefficient (Wildman–Crippen LogP) is 4.42. The van der Waals surface area contributed by atoms with Crippen LogP contribution in [0.15, 0.2) is 54.6 Å². The smallest absolute Gasteiger partial charge is 0.321 e. The molecule has 0 unspecified atom stereocenters. The first-order valence-electron chi connectivity index (χ1n) is 9.75. The number of nitrogens with zero attached hydrogens (tertiary/aromatic N) is 2. The third-order valence-corrected chi connectivity index (χ3v) is 5.10. The van der Waals surface area contributed by atoms with Crippen LogP contribution in [-0.4, -0.2) is 48.6 Å². The van der Waals surface area contributed by atoms with Gasteiger partial charge in [0.25, 0.3) is 0 Å². The Morgan fingerprint density at radius 3 is 2.48 bits per heavy atom. The Morgan fingerprint density at radius 1 is 1.04 bits per heavy atom. The van der Waals surface area contributed by atoms with Gasteiger partial charge in [0.2, 0.25) is 0 Å². The second-order valence-corrected chi connectivity index (χ2v) is 6.99. The highest BCUT2D eigenvalue weighted by molar-refractivity contribution is 5.91. The van der Waals surface area contributed by atoms with Crippen LogP contribution in [-0.2, 0) is 6.42 Å². The van der Waals surface area contributed by atoms with E-state index in [0.717, 1.165) is 50.4 Å². The number of anilines is 1. The zero-order valence-electron chi connectivity index (χ0n) is 16.3. The summed E-state index contributed by atoms with van der Waals surface area (Å²) in [6.07, 6.45) is 5.27. The van der Waals surface area contributed by atoms with Crippen molar-refractivity contribution < 1.29 is 4.79 Å². The van der Waals surface area contributed by atoms with Crippen molar-refractivity contribution in [2.45, 2.75) is 20.3 Å². The van der Waals surface area contributed by atoms with Crippen molar-refractivity contribution in [2.24, 2.45) is 0 Å². The van der Waals surface area contributed by atoms with Gasteiger partial charge in [-0.3, -0.25) is 4.90 Å². The summed E-state index contributed by atoms with van der Waals surface area (Å²) in [4.78, 5) is 17.0. The standard InChI is InChI=1S/C23H29N3O/c1-3-21-13-7-9-19(2)22(21)24-23(27)26-17-15-25(16-18-26)14-8-12-20-10-5-4-6-11-20/h4-13H,3,14-18H2,1-2H3,(H,24,27)/b12-8+. The normalized spacial score (nSPS) is 15.3. The van der Waals surface area contributed by atoms with Crippen LogP contribution in [0.4, 0.5) is 10.5 Å². The third-order valence-electron chi connectivity index (χ3n) is 5.10. The van der Waals surface area contributed by atoms with Gasteiger partial charge in [-0.15, -0.1) is 0 Å². The van der Waals surface area contributed by atoms with E-state index in [2.05, 4.69) is 59.6 Å². The predicted molar refractivity (Wildman–Crippen MR) is 113 cm³/mol. The van der Waals surface area contributed by atoms with E-state index in [1.165, 1.54) is 11.1 Å². The van der Waals surface area contributed by atoms with Crippen LogP contribution in [0.3, 0.4) is 0 Å². The van der Waals surface area contributed by atoms with E-state index >= 15 is 0 Å². The van der Waals surface area contributed by atoms with Crippen LogP contribution in [0, 0.1) is 6.92 Å². The van der Waals surface area contributed by atoms with Crippen molar-refractivity contribution >= 4 is 17.8 Å². The second kappa shape index (κ2) is 9.38. The molecule has 2 aromatic rings. The molecule has 0 saturated carbocycles. The van der Waals surface area contributed by atoms with E-state index in [4.69, 9.17) is 0 Å². The van der Waals surface area contributed by atoms with Gasteiger partial charge in [-0.25, -0.2) is 4.79 Å². The summed E-state index contributed by atoms with van der Waals surface area (Å²) in [5, 5.41) is 3.13. The minimum absolute atomic E-state index is 0.0125. The maximum absolute atomic E-state index is 12.7. The van der Waals surface area contributed by atoms with Crippen LogP contribution in [0.2, 0.25) is 0 Å².